The fourth-order valence-corrected chi connectivity index (χ4v) is 2.07. The van der Waals surface area contributed by atoms with E-state index in [2.05, 4.69) is 28.9 Å². The Bertz CT molecular complexity index is 461. The minimum absolute atomic E-state index is 0. The van der Waals surface area contributed by atoms with Gasteiger partial charge in [-0.15, -0.1) is 24.0 Å². The Hall–Kier alpha value is -0.980. The predicted octanol–water partition coefficient (Wildman–Crippen LogP) is 3.04. The lowest BCUT2D eigenvalue weighted by Crippen LogP contribution is -2.35. The van der Waals surface area contributed by atoms with Crippen molar-refractivity contribution in [3.8, 4) is 5.75 Å². The zero-order valence-electron chi connectivity index (χ0n) is 12.9. The lowest BCUT2D eigenvalue weighted by Gasteiger charge is -2.16. The highest BCUT2D eigenvalue weighted by molar-refractivity contribution is 14.0. The molecule has 1 aliphatic rings. The molecule has 1 fully saturated rings. The predicted molar refractivity (Wildman–Crippen MR) is 98.6 cm³/mol. The van der Waals surface area contributed by atoms with E-state index in [4.69, 9.17) is 10.5 Å². The number of ether oxygens (including phenoxy) is 1. The Morgan fingerprint density at radius 3 is 2.86 bits per heavy atom. The van der Waals surface area contributed by atoms with Gasteiger partial charge in [0.2, 0.25) is 0 Å². The van der Waals surface area contributed by atoms with Gasteiger partial charge < -0.3 is 15.4 Å². The zero-order chi connectivity index (χ0) is 14.4. The average molecular weight is 403 g/mol. The maximum absolute atomic E-state index is 5.97. The molecule has 0 bridgehead atoms. The lowest BCUT2D eigenvalue weighted by atomic mass is 10.1. The van der Waals surface area contributed by atoms with Crippen LogP contribution in [-0.2, 0) is 6.42 Å². The Morgan fingerprint density at radius 2 is 2.19 bits per heavy atom. The van der Waals surface area contributed by atoms with Crippen LogP contribution in [0.3, 0.4) is 0 Å². The summed E-state index contributed by atoms with van der Waals surface area (Å²) in [7, 11) is 2.02. The summed E-state index contributed by atoms with van der Waals surface area (Å²) in [6.07, 6.45) is 4.40. The second-order valence-electron chi connectivity index (χ2n) is 5.33. The molecule has 4 nitrogen and oxygen atoms in total. The van der Waals surface area contributed by atoms with Crippen LogP contribution in [0.15, 0.2) is 29.3 Å². The summed E-state index contributed by atoms with van der Waals surface area (Å²) < 4.78 is 5.63. The summed E-state index contributed by atoms with van der Waals surface area (Å²) in [5, 5.41) is 0. The normalized spacial score (nSPS) is 14.5. The van der Waals surface area contributed by atoms with Gasteiger partial charge in [-0.3, -0.25) is 4.99 Å². The van der Waals surface area contributed by atoms with Crippen LogP contribution in [0.25, 0.3) is 0 Å². The molecule has 1 aromatic carbocycles. The minimum Gasteiger partial charge on any atom is -0.494 e. The maximum atomic E-state index is 5.97. The van der Waals surface area contributed by atoms with Crippen LogP contribution >= 0.6 is 24.0 Å². The number of hydrogen-bond acceptors (Lipinski definition) is 2. The van der Waals surface area contributed by atoms with Crippen LogP contribution in [0.1, 0.15) is 31.7 Å². The fourth-order valence-electron chi connectivity index (χ4n) is 2.07. The number of aliphatic imine (C=N–C) groups is 1. The molecule has 0 radical (unpaired) electrons. The monoisotopic (exact) mass is 403 g/mol. The first-order chi connectivity index (χ1) is 9.70. The summed E-state index contributed by atoms with van der Waals surface area (Å²) in [5.41, 5.74) is 7.21. The Balaban J connectivity index is 0.00000220. The fraction of sp³-hybridized carbons (Fsp3) is 0.562. The lowest BCUT2D eigenvalue weighted by molar-refractivity contribution is 0.317. The van der Waals surface area contributed by atoms with Crippen LogP contribution in [0, 0.1) is 0 Å². The molecule has 1 saturated carbocycles. The summed E-state index contributed by atoms with van der Waals surface area (Å²) in [6.45, 7) is 3.60. The zero-order valence-corrected chi connectivity index (χ0v) is 15.2. The molecule has 1 aromatic rings. The van der Waals surface area contributed by atoms with Crippen molar-refractivity contribution < 1.29 is 4.74 Å². The highest BCUT2D eigenvalue weighted by Gasteiger charge is 2.27. The average Bonchev–Trinajstić information content (AvgIpc) is 3.29. The molecule has 0 spiro atoms. The highest BCUT2D eigenvalue weighted by atomic mass is 127. The second kappa shape index (κ2) is 9.12. The van der Waals surface area contributed by atoms with Gasteiger partial charge in [-0.2, -0.15) is 0 Å². The summed E-state index contributed by atoms with van der Waals surface area (Å²) >= 11 is 0. The van der Waals surface area contributed by atoms with Gasteiger partial charge in [0, 0.05) is 19.6 Å². The molecule has 5 heteroatoms. The van der Waals surface area contributed by atoms with Gasteiger partial charge in [-0.05, 0) is 43.4 Å². The number of guanidine groups is 1. The summed E-state index contributed by atoms with van der Waals surface area (Å²) in [5.74, 6) is 1.60. The summed E-state index contributed by atoms with van der Waals surface area (Å²) in [6, 6.07) is 8.84. The van der Waals surface area contributed by atoms with E-state index in [0.717, 1.165) is 31.7 Å². The van der Waals surface area contributed by atoms with Gasteiger partial charge >= 0.3 is 0 Å². The number of nitrogens with zero attached hydrogens (tertiary/aromatic N) is 2. The van der Waals surface area contributed by atoms with Crippen molar-refractivity contribution in [1.82, 2.24) is 4.90 Å². The first-order valence-corrected chi connectivity index (χ1v) is 7.45. The first kappa shape index (κ1) is 18.1. The quantitative estimate of drug-likeness (QED) is 0.433. The third kappa shape index (κ3) is 6.11. The van der Waals surface area contributed by atoms with E-state index in [1.54, 1.807) is 0 Å². The van der Waals surface area contributed by atoms with Crippen LogP contribution in [0.5, 0.6) is 5.75 Å². The summed E-state index contributed by atoms with van der Waals surface area (Å²) in [4.78, 5) is 6.54. The molecule has 0 amide bonds. The Morgan fingerprint density at radius 1 is 1.43 bits per heavy atom. The number of benzene rings is 1. The number of rotatable bonds is 7. The van der Waals surface area contributed by atoms with E-state index < -0.39 is 0 Å². The Labute approximate surface area is 144 Å². The van der Waals surface area contributed by atoms with Crippen molar-refractivity contribution in [1.29, 1.82) is 0 Å². The van der Waals surface area contributed by atoms with Crippen molar-refractivity contribution in [3.05, 3.63) is 29.8 Å². The van der Waals surface area contributed by atoms with Gasteiger partial charge in [0.05, 0.1) is 6.61 Å². The molecule has 0 aliphatic heterocycles. The van der Waals surface area contributed by atoms with Gasteiger partial charge in [0.15, 0.2) is 5.96 Å². The largest absolute Gasteiger partial charge is 0.494 e. The molecule has 2 rings (SSSR count). The number of halogens is 1. The third-order valence-corrected chi connectivity index (χ3v) is 3.50. The van der Waals surface area contributed by atoms with Crippen LogP contribution in [0.2, 0.25) is 0 Å². The molecule has 0 saturated heterocycles. The minimum atomic E-state index is 0. The van der Waals surface area contributed by atoms with E-state index >= 15 is 0 Å². The molecular weight excluding hydrogens is 377 g/mol. The van der Waals surface area contributed by atoms with Gasteiger partial charge in [0.1, 0.15) is 5.75 Å². The van der Waals surface area contributed by atoms with E-state index in [1.165, 1.54) is 18.4 Å². The van der Waals surface area contributed by atoms with Crippen LogP contribution in [-0.4, -0.2) is 37.1 Å². The molecular formula is C16H26IN3O. The van der Waals surface area contributed by atoms with Crippen LogP contribution < -0.4 is 10.5 Å². The van der Waals surface area contributed by atoms with Crippen molar-refractivity contribution >= 4 is 29.9 Å². The molecule has 118 valence electrons. The number of nitrogens with two attached hydrogens (primary N) is 1. The molecule has 0 heterocycles. The van der Waals surface area contributed by atoms with Gasteiger partial charge in [-0.25, -0.2) is 0 Å². The molecule has 0 atom stereocenters. The second-order valence-corrected chi connectivity index (χ2v) is 5.33. The van der Waals surface area contributed by atoms with E-state index in [1.807, 2.05) is 19.2 Å². The van der Waals surface area contributed by atoms with E-state index in [9.17, 15) is 0 Å². The highest BCUT2D eigenvalue weighted by Crippen LogP contribution is 2.24. The third-order valence-electron chi connectivity index (χ3n) is 3.50. The Kier molecular flexibility index (Phi) is 7.85. The SMILES string of the molecule is CCCOc1cccc(CCN=C(N)N(C)C2CC2)c1.I. The molecule has 21 heavy (non-hydrogen) atoms. The molecule has 2 N–H and O–H groups in total. The van der Waals surface area contributed by atoms with Crippen molar-refractivity contribution in [2.75, 3.05) is 20.2 Å². The number of hydrogen-bond donors (Lipinski definition) is 1. The standard InChI is InChI=1S/C16H25N3O.HI/c1-3-11-20-15-6-4-5-13(12-15)9-10-18-16(17)19(2)14-7-8-14;/h4-6,12,14H,3,7-11H2,1-2H3,(H2,17,18);1H. The van der Waals surface area contributed by atoms with Crippen molar-refractivity contribution in [2.45, 2.75) is 38.6 Å². The van der Waals surface area contributed by atoms with Gasteiger partial charge in [0.25, 0.3) is 0 Å². The first-order valence-electron chi connectivity index (χ1n) is 7.45. The van der Waals surface area contributed by atoms with E-state index in [0.29, 0.717) is 12.0 Å². The molecule has 0 aromatic heterocycles. The smallest absolute Gasteiger partial charge is 0.191 e. The van der Waals surface area contributed by atoms with E-state index in [-0.39, 0.29) is 24.0 Å². The maximum Gasteiger partial charge on any atom is 0.191 e. The molecule has 1 aliphatic carbocycles. The van der Waals surface area contributed by atoms with Crippen molar-refractivity contribution in [3.63, 3.8) is 0 Å². The topological polar surface area (TPSA) is 50.9 Å². The van der Waals surface area contributed by atoms with Crippen LogP contribution in [0.4, 0.5) is 0 Å². The van der Waals surface area contributed by atoms with Crippen molar-refractivity contribution in [2.24, 2.45) is 10.7 Å². The van der Waals surface area contributed by atoms with Gasteiger partial charge in [-0.1, -0.05) is 19.1 Å². The molecule has 0 unspecified atom stereocenters.